The predicted octanol–water partition coefficient (Wildman–Crippen LogP) is 4.50. The van der Waals surface area contributed by atoms with Crippen LogP contribution in [0.3, 0.4) is 0 Å². The monoisotopic (exact) mass is 365 g/mol. The zero-order chi connectivity index (χ0) is 19.4. The third-order valence-corrected chi connectivity index (χ3v) is 4.05. The van der Waals surface area contributed by atoms with Crippen molar-refractivity contribution in [3.63, 3.8) is 0 Å². The number of carbonyl (C=O) groups is 2. The molecule has 0 radical (unpaired) electrons. The van der Waals surface area contributed by atoms with Gasteiger partial charge in [-0.15, -0.1) is 0 Å². The van der Waals surface area contributed by atoms with Gasteiger partial charge in [-0.05, 0) is 50.1 Å². The molecule has 0 aromatic heterocycles. The third-order valence-electron chi connectivity index (χ3n) is 4.05. The number of esters is 1. The van der Waals surface area contributed by atoms with E-state index in [1.807, 2.05) is 36.4 Å². The number of nitrogens with one attached hydrogen (secondary N) is 1. The minimum atomic E-state index is -0.639. The Morgan fingerprint density at radius 2 is 1.63 bits per heavy atom. The molecule has 0 saturated heterocycles. The number of hydrogen-bond acceptors (Lipinski definition) is 4. The normalized spacial score (nSPS) is 18.3. The zero-order valence-corrected chi connectivity index (χ0v) is 15.6. The van der Waals surface area contributed by atoms with Crippen LogP contribution in [0.5, 0.6) is 0 Å². The summed E-state index contributed by atoms with van der Waals surface area (Å²) in [5.74, 6) is -0.444. The minimum absolute atomic E-state index is 0.444. The number of carbonyl (C=O) groups excluding carboxylic acids is 2. The molecule has 1 aliphatic carbocycles. The van der Waals surface area contributed by atoms with Crippen molar-refractivity contribution in [1.29, 1.82) is 0 Å². The summed E-state index contributed by atoms with van der Waals surface area (Å²) in [7, 11) is 0. The lowest BCUT2D eigenvalue weighted by Gasteiger charge is -2.31. The van der Waals surface area contributed by atoms with Crippen LogP contribution < -0.4 is 5.32 Å². The van der Waals surface area contributed by atoms with Crippen LogP contribution in [0, 0.1) is 0 Å². The van der Waals surface area contributed by atoms with E-state index in [9.17, 15) is 9.59 Å². The van der Waals surface area contributed by atoms with Crippen molar-refractivity contribution >= 4 is 18.1 Å². The third kappa shape index (κ3) is 4.76. The van der Waals surface area contributed by atoms with Crippen molar-refractivity contribution in [3.05, 3.63) is 77.4 Å². The maximum Gasteiger partial charge on any atom is 0.408 e. The van der Waals surface area contributed by atoms with Gasteiger partial charge in [0.15, 0.2) is 0 Å². The summed E-state index contributed by atoms with van der Waals surface area (Å²) in [6, 6.07) is 15.9. The first-order valence-corrected chi connectivity index (χ1v) is 8.86. The molecule has 0 saturated carbocycles. The van der Waals surface area contributed by atoms with Gasteiger partial charge in [-0.3, -0.25) is 0 Å². The first-order valence-electron chi connectivity index (χ1n) is 8.86. The largest absolute Gasteiger partial charge is 0.452 e. The summed E-state index contributed by atoms with van der Waals surface area (Å²) in [5, 5.41) is 2.85. The maximum atomic E-state index is 12.5. The Balaban J connectivity index is 1.83. The van der Waals surface area contributed by atoms with Gasteiger partial charge in [0.25, 0.3) is 0 Å². The molecule has 0 bridgehead atoms. The summed E-state index contributed by atoms with van der Waals surface area (Å²) < 4.78 is 11.1. The van der Waals surface area contributed by atoms with Crippen LogP contribution in [0.1, 0.15) is 48.3 Å². The van der Waals surface area contributed by atoms with Gasteiger partial charge in [-0.1, -0.05) is 48.5 Å². The molecular formula is C22H23NO4. The maximum absolute atomic E-state index is 12.5. The highest BCUT2D eigenvalue weighted by molar-refractivity contribution is 5.89. The molecule has 0 aliphatic heterocycles. The summed E-state index contributed by atoms with van der Waals surface area (Å²) in [4.78, 5) is 24.8. The number of ether oxygens (including phenoxy) is 2. The first kappa shape index (κ1) is 18.7. The molecule has 2 atom stereocenters. The van der Waals surface area contributed by atoms with E-state index in [4.69, 9.17) is 9.47 Å². The van der Waals surface area contributed by atoms with Crippen molar-refractivity contribution in [1.82, 2.24) is 5.32 Å². The van der Waals surface area contributed by atoms with Crippen LogP contribution in [0.4, 0.5) is 4.79 Å². The summed E-state index contributed by atoms with van der Waals surface area (Å²) >= 11 is 0. The SMILES string of the molecule is CC(C)(C)OC(=O)N[C@H]1c2ccccc2C=C[C@@H]1OC(=O)c1ccccc1. The molecule has 140 valence electrons. The van der Waals surface area contributed by atoms with Crippen LogP contribution in [-0.2, 0) is 9.47 Å². The lowest BCUT2D eigenvalue weighted by Crippen LogP contribution is -2.41. The molecule has 0 unspecified atom stereocenters. The van der Waals surface area contributed by atoms with Crippen LogP contribution in [-0.4, -0.2) is 23.8 Å². The van der Waals surface area contributed by atoms with Crippen molar-refractivity contribution in [2.24, 2.45) is 0 Å². The molecule has 5 heteroatoms. The number of alkyl carbamates (subject to hydrolysis) is 1. The van der Waals surface area contributed by atoms with Crippen molar-refractivity contribution in [2.45, 2.75) is 38.5 Å². The molecular weight excluding hydrogens is 342 g/mol. The number of benzene rings is 2. The van der Waals surface area contributed by atoms with Gasteiger partial charge in [0.05, 0.1) is 11.6 Å². The molecule has 27 heavy (non-hydrogen) atoms. The first-order chi connectivity index (χ1) is 12.8. The van der Waals surface area contributed by atoms with Crippen LogP contribution in [0.2, 0.25) is 0 Å². The van der Waals surface area contributed by atoms with Crippen LogP contribution in [0.15, 0.2) is 60.7 Å². The smallest absolute Gasteiger partial charge is 0.408 e. The topological polar surface area (TPSA) is 64.6 Å². The minimum Gasteiger partial charge on any atom is -0.452 e. The average Bonchev–Trinajstić information content (AvgIpc) is 2.63. The molecule has 1 N–H and O–H groups in total. The van der Waals surface area contributed by atoms with Gasteiger partial charge >= 0.3 is 12.1 Å². The van der Waals surface area contributed by atoms with Gasteiger partial charge in [-0.2, -0.15) is 0 Å². The fraction of sp³-hybridized carbons (Fsp3) is 0.273. The molecule has 0 fully saturated rings. The highest BCUT2D eigenvalue weighted by Gasteiger charge is 2.32. The molecule has 2 aromatic rings. The molecule has 5 nitrogen and oxygen atoms in total. The number of fused-ring (bicyclic) bond motifs is 1. The Bertz CT molecular complexity index is 852. The quantitative estimate of drug-likeness (QED) is 0.813. The lowest BCUT2D eigenvalue weighted by atomic mass is 9.91. The highest BCUT2D eigenvalue weighted by atomic mass is 16.6. The van der Waals surface area contributed by atoms with Gasteiger partial charge < -0.3 is 14.8 Å². The van der Waals surface area contributed by atoms with E-state index in [0.29, 0.717) is 5.56 Å². The van der Waals surface area contributed by atoms with Crippen LogP contribution in [0.25, 0.3) is 6.08 Å². The van der Waals surface area contributed by atoms with E-state index >= 15 is 0 Å². The second-order valence-electron chi connectivity index (χ2n) is 7.35. The van der Waals surface area contributed by atoms with E-state index in [1.165, 1.54) is 0 Å². The van der Waals surface area contributed by atoms with Gasteiger partial charge in [0.2, 0.25) is 0 Å². The van der Waals surface area contributed by atoms with E-state index in [0.717, 1.165) is 11.1 Å². The number of hydrogen-bond donors (Lipinski definition) is 1. The van der Waals surface area contributed by atoms with Gasteiger partial charge in [0.1, 0.15) is 11.7 Å². The number of rotatable bonds is 3. The zero-order valence-electron chi connectivity index (χ0n) is 15.6. The Morgan fingerprint density at radius 3 is 2.33 bits per heavy atom. The second kappa shape index (κ2) is 7.66. The molecule has 0 spiro atoms. The Hall–Kier alpha value is -3.08. The van der Waals surface area contributed by atoms with Crippen molar-refractivity contribution < 1.29 is 19.1 Å². The van der Waals surface area contributed by atoms with E-state index in [-0.39, 0.29) is 0 Å². The second-order valence-corrected chi connectivity index (χ2v) is 7.35. The average molecular weight is 365 g/mol. The number of amides is 1. The van der Waals surface area contributed by atoms with Crippen LogP contribution >= 0.6 is 0 Å². The van der Waals surface area contributed by atoms with E-state index < -0.39 is 29.8 Å². The molecule has 3 rings (SSSR count). The van der Waals surface area contributed by atoms with Gasteiger partial charge in [-0.25, -0.2) is 9.59 Å². The van der Waals surface area contributed by atoms with Gasteiger partial charge in [0, 0.05) is 0 Å². The Kier molecular flexibility index (Phi) is 5.31. The molecule has 2 aromatic carbocycles. The molecule has 0 heterocycles. The summed E-state index contributed by atoms with van der Waals surface area (Å²) in [5.41, 5.74) is 1.67. The van der Waals surface area contributed by atoms with E-state index in [2.05, 4.69) is 5.32 Å². The fourth-order valence-electron chi connectivity index (χ4n) is 2.90. The lowest BCUT2D eigenvalue weighted by molar-refractivity contribution is 0.0241. The Labute approximate surface area is 159 Å². The summed E-state index contributed by atoms with van der Waals surface area (Å²) in [6.45, 7) is 5.40. The van der Waals surface area contributed by atoms with E-state index in [1.54, 1.807) is 51.1 Å². The highest BCUT2D eigenvalue weighted by Crippen LogP contribution is 2.30. The standard InChI is InChI=1S/C22H23NO4/c1-22(2,3)27-21(25)23-19-17-12-8-7-9-15(17)13-14-18(19)26-20(24)16-10-5-4-6-11-16/h4-14,18-19H,1-3H3,(H,23,25)/t18-,19-/m0/s1. The van der Waals surface area contributed by atoms with Crippen molar-refractivity contribution in [3.8, 4) is 0 Å². The predicted molar refractivity (Wildman–Crippen MR) is 103 cm³/mol. The summed E-state index contributed by atoms with van der Waals surface area (Å²) in [6.07, 6.45) is 2.48. The fourth-order valence-corrected chi connectivity index (χ4v) is 2.90. The van der Waals surface area contributed by atoms with Crippen molar-refractivity contribution in [2.75, 3.05) is 0 Å². The molecule has 1 amide bonds. The molecule has 1 aliphatic rings. The Morgan fingerprint density at radius 1 is 0.963 bits per heavy atom.